The summed E-state index contributed by atoms with van der Waals surface area (Å²) in [5.74, 6) is 0.868. The summed E-state index contributed by atoms with van der Waals surface area (Å²) in [4.78, 5) is 14.7. The van der Waals surface area contributed by atoms with E-state index in [2.05, 4.69) is 15.5 Å². The first kappa shape index (κ1) is 23.1. The molecule has 2 aliphatic heterocycles. The van der Waals surface area contributed by atoms with E-state index < -0.39 is 5.60 Å². The summed E-state index contributed by atoms with van der Waals surface area (Å²) < 4.78 is 20.0. The Balaban J connectivity index is 1.07. The van der Waals surface area contributed by atoms with Crippen LogP contribution in [0.5, 0.6) is 5.75 Å². The predicted octanol–water partition coefficient (Wildman–Crippen LogP) is 4.30. The van der Waals surface area contributed by atoms with Crippen molar-refractivity contribution < 1.29 is 19.0 Å². The Kier molecular flexibility index (Phi) is 6.46. The molecule has 3 fully saturated rings. The van der Waals surface area contributed by atoms with Gasteiger partial charge in [-0.15, -0.1) is 5.10 Å². The maximum atomic E-state index is 12.7. The molecule has 9 heteroatoms. The molecule has 2 unspecified atom stereocenters. The summed E-state index contributed by atoms with van der Waals surface area (Å²) in [6.07, 6.45) is 10.1. The Morgan fingerprint density at radius 1 is 0.912 bits per heavy atom. The Hall–Kier alpha value is -2.68. The summed E-state index contributed by atoms with van der Waals surface area (Å²) in [6, 6.07) is 8.34. The molecule has 3 aliphatic rings. The Bertz CT molecular complexity index is 937. The lowest BCUT2D eigenvalue weighted by atomic mass is 9.93. The molecule has 34 heavy (non-hydrogen) atoms. The third-order valence-corrected chi connectivity index (χ3v) is 7.05. The second-order valence-electron chi connectivity index (χ2n) is 10.8. The summed E-state index contributed by atoms with van der Waals surface area (Å²) in [6.45, 7) is 5.78. The number of ether oxygens (including phenoxy) is 3. The zero-order chi connectivity index (χ0) is 23.7. The second-order valence-corrected chi connectivity index (χ2v) is 10.8. The topological polar surface area (TPSA) is 91.6 Å². The number of amides is 1. The average Bonchev–Trinajstić information content (AvgIpc) is 3.41. The van der Waals surface area contributed by atoms with Crippen LogP contribution in [0.25, 0.3) is 5.69 Å². The lowest BCUT2D eigenvalue weighted by Crippen LogP contribution is -2.50. The van der Waals surface area contributed by atoms with Gasteiger partial charge in [-0.2, -0.15) is 0 Å². The number of aromatic nitrogens is 4. The van der Waals surface area contributed by atoms with Gasteiger partial charge in [0.1, 0.15) is 17.7 Å². The van der Waals surface area contributed by atoms with Crippen molar-refractivity contribution in [3.63, 3.8) is 0 Å². The van der Waals surface area contributed by atoms with Gasteiger partial charge in [0, 0.05) is 12.1 Å². The minimum absolute atomic E-state index is 0.165. The first-order chi connectivity index (χ1) is 16.3. The third kappa shape index (κ3) is 5.35. The van der Waals surface area contributed by atoms with Gasteiger partial charge in [-0.1, -0.05) is 0 Å². The van der Waals surface area contributed by atoms with Crippen LogP contribution in [0.3, 0.4) is 0 Å². The molecule has 2 saturated heterocycles. The predicted molar refractivity (Wildman–Crippen MR) is 125 cm³/mol. The molecule has 1 amide bonds. The molecule has 184 valence electrons. The van der Waals surface area contributed by atoms with Gasteiger partial charge in [-0.05, 0) is 107 Å². The molecule has 3 heterocycles. The number of rotatable bonds is 5. The normalized spacial score (nSPS) is 29.1. The first-order valence-electron chi connectivity index (χ1n) is 12.5. The van der Waals surface area contributed by atoms with E-state index in [1.54, 1.807) is 11.0 Å². The number of nitrogens with zero attached hydrogens (tertiary/aromatic N) is 5. The van der Waals surface area contributed by atoms with Crippen molar-refractivity contribution in [2.24, 2.45) is 0 Å². The van der Waals surface area contributed by atoms with Crippen LogP contribution in [0.2, 0.25) is 0 Å². The highest BCUT2D eigenvalue weighted by atomic mass is 16.6. The smallest absolute Gasteiger partial charge is 0.410 e. The fourth-order valence-electron chi connectivity index (χ4n) is 5.56. The minimum Gasteiger partial charge on any atom is -0.490 e. The van der Waals surface area contributed by atoms with Crippen LogP contribution < -0.4 is 4.74 Å². The molecule has 1 aromatic heterocycles. The minimum atomic E-state index is -0.457. The van der Waals surface area contributed by atoms with Gasteiger partial charge >= 0.3 is 6.09 Å². The molecular weight excluding hydrogens is 434 g/mol. The SMILES string of the molecule is CC(C)(C)OC(=O)N1C2CCC1CC(OC1CCC(Oc3ccc(-n4cnnn4)cc3)CC1)C2. The number of carbonyl (C=O) groups excluding carboxylic acids is 1. The Labute approximate surface area is 200 Å². The molecule has 1 saturated carbocycles. The van der Waals surface area contributed by atoms with Crippen molar-refractivity contribution in [2.45, 2.75) is 108 Å². The number of hydrogen-bond acceptors (Lipinski definition) is 7. The molecule has 0 N–H and O–H groups in total. The number of benzene rings is 1. The largest absolute Gasteiger partial charge is 0.490 e. The molecule has 0 spiro atoms. The van der Waals surface area contributed by atoms with Gasteiger partial charge in [-0.3, -0.25) is 0 Å². The summed E-state index contributed by atoms with van der Waals surface area (Å²) >= 11 is 0. The van der Waals surface area contributed by atoms with Crippen molar-refractivity contribution in [1.29, 1.82) is 0 Å². The van der Waals surface area contributed by atoms with Crippen LogP contribution in [-0.4, -0.2) is 67.2 Å². The van der Waals surface area contributed by atoms with E-state index in [1.807, 2.05) is 49.9 Å². The maximum Gasteiger partial charge on any atom is 0.410 e. The number of fused-ring (bicyclic) bond motifs is 2. The molecule has 5 rings (SSSR count). The third-order valence-electron chi connectivity index (χ3n) is 7.05. The maximum absolute atomic E-state index is 12.7. The lowest BCUT2D eigenvalue weighted by Gasteiger charge is -2.41. The monoisotopic (exact) mass is 469 g/mol. The van der Waals surface area contributed by atoms with Gasteiger partial charge in [0.15, 0.2) is 0 Å². The van der Waals surface area contributed by atoms with Crippen LogP contribution in [0.4, 0.5) is 4.79 Å². The fourth-order valence-corrected chi connectivity index (χ4v) is 5.56. The summed E-state index contributed by atoms with van der Waals surface area (Å²) in [7, 11) is 0. The van der Waals surface area contributed by atoms with Crippen molar-refractivity contribution in [1.82, 2.24) is 25.1 Å². The van der Waals surface area contributed by atoms with E-state index in [0.29, 0.717) is 0 Å². The van der Waals surface area contributed by atoms with Crippen LogP contribution in [-0.2, 0) is 9.47 Å². The highest BCUT2D eigenvalue weighted by Crippen LogP contribution is 2.39. The zero-order valence-corrected chi connectivity index (χ0v) is 20.3. The number of hydrogen-bond donors (Lipinski definition) is 0. The van der Waals surface area contributed by atoms with Crippen molar-refractivity contribution in [3.8, 4) is 11.4 Å². The quantitative estimate of drug-likeness (QED) is 0.645. The summed E-state index contributed by atoms with van der Waals surface area (Å²) in [5, 5.41) is 11.2. The van der Waals surface area contributed by atoms with E-state index in [0.717, 1.165) is 62.8 Å². The van der Waals surface area contributed by atoms with Crippen LogP contribution in [0.15, 0.2) is 30.6 Å². The van der Waals surface area contributed by atoms with Gasteiger partial charge in [0.25, 0.3) is 0 Å². The zero-order valence-electron chi connectivity index (χ0n) is 20.3. The molecule has 0 radical (unpaired) electrons. The van der Waals surface area contributed by atoms with E-state index in [-0.39, 0.29) is 36.5 Å². The average molecular weight is 470 g/mol. The van der Waals surface area contributed by atoms with Gasteiger partial charge in [0.05, 0.1) is 24.0 Å². The molecule has 2 atom stereocenters. The van der Waals surface area contributed by atoms with Crippen LogP contribution >= 0.6 is 0 Å². The van der Waals surface area contributed by atoms with E-state index in [4.69, 9.17) is 14.2 Å². The summed E-state index contributed by atoms with van der Waals surface area (Å²) in [5.41, 5.74) is 0.447. The molecule has 9 nitrogen and oxygen atoms in total. The van der Waals surface area contributed by atoms with Gasteiger partial charge in [0.2, 0.25) is 0 Å². The number of carbonyl (C=O) groups is 1. The van der Waals surface area contributed by atoms with E-state index in [9.17, 15) is 4.79 Å². The molecule has 2 bridgehead atoms. The van der Waals surface area contributed by atoms with Gasteiger partial charge in [-0.25, -0.2) is 9.48 Å². The molecule has 1 aromatic carbocycles. The molecule has 2 aromatic rings. The van der Waals surface area contributed by atoms with Crippen molar-refractivity contribution in [2.75, 3.05) is 0 Å². The van der Waals surface area contributed by atoms with Crippen LogP contribution in [0, 0.1) is 0 Å². The number of piperidine rings is 1. The molecule has 1 aliphatic carbocycles. The highest BCUT2D eigenvalue weighted by molar-refractivity contribution is 5.69. The van der Waals surface area contributed by atoms with Crippen molar-refractivity contribution >= 4 is 6.09 Å². The fraction of sp³-hybridized carbons (Fsp3) is 0.680. The molecular formula is C25H35N5O4. The second kappa shape index (κ2) is 9.52. The highest BCUT2D eigenvalue weighted by Gasteiger charge is 2.45. The van der Waals surface area contributed by atoms with Gasteiger partial charge < -0.3 is 19.1 Å². The Morgan fingerprint density at radius 2 is 1.56 bits per heavy atom. The van der Waals surface area contributed by atoms with E-state index >= 15 is 0 Å². The van der Waals surface area contributed by atoms with Crippen molar-refractivity contribution in [3.05, 3.63) is 30.6 Å². The first-order valence-corrected chi connectivity index (χ1v) is 12.5. The Morgan fingerprint density at radius 3 is 2.15 bits per heavy atom. The van der Waals surface area contributed by atoms with Crippen LogP contribution in [0.1, 0.15) is 72.1 Å². The lowest BCUT2D eigenvalue weighted by molar-refractivity contribution is -0.0812. The number of tetrazole rings is 1. The van der Waals surface area contributed by atoms with E-state index in [1.165, 1.54) is 0 Å². The standard InChI is InChI=1S/C25H35N5O4/c1-25(2,3)34-24(31)30-18-4-5-19(30)15-23(14-18)33-22-12-10-21(11-13-22)32-20-8-6-17(7-9-20)29-16-26-27-28-29/h6-9,16,18-19,21-23H,4-5,10-15H2,1-3H3.